The number of hydrogen-bond acceptors (Lipinski definition) is 3. The molecule has 0 spiro atoms. The number of thiocarbonyl (C=S) groups is 1. The van der Waals surface area contributed by atoms with Gasteiger partial charge in [-0.3, -0.25) is 0 Å². The maximum Gasteiger partial charge on any atom is 0.129 e. The van der Waals surface area contributed by atoms with Crippen LogP contribution in [0.4, 0.5) is 4.39 Å². The van der Waals surface area contributed by atoms with E-state index < -0.39 is 0 Å². The van der Waals surface area contributed by atoms with Crippen LogP contribution in [0.25, 0.3) is 0 Å². The zero-order valence-corrected chi connectivity index (χ0v) is 12.0. The number of ether oxygens (including phenoxy) is 1. The molecule has 0 unspecified atom stereocenters. The van der Waals surface area contributed by atoms with Gasteiger partial charge in [0.05, 0.1) is 5.56 Å². The van der Waals surface area contributed by atoms with Crippen molar-refractivity contribution >= 4 is 17.2 Å². The normalized spacial score (nSPS) is 11.7. The first-order valence-corrected chi connectivity index (χ1v) is 6.04. The van der Waals surface area contributed by atoms with Crippen LogP contribution in [0.3, 0.4) is 0 Å². The third-order valence-electron chi connectivity index (χ3n) is 3.00. The molecule has 5 heteroatoms. The number of benzene rings is 1. The molecule has 0 radical (unpaired) electrons. The van der Waals surface area contributed by atoms with Gasteiger partial charge in [0.25, 0.3) is 0 Å². The van der Waals surface area contributed by atoms with E-state index in [-0.39, 0.29) is 16.3 Å². The van der Waals surface area contributed by atoms with Gasteiger partial charge >= 0.3 is 0 Å². The fourth-order valence-electron chi connectivity index (χ4n) is 1.20. The summed E-state index contributed by atoms with van der Waals surface area (Å²) >= 11 is 4.89. The number of rotatable bonds is 5. The fraction of sp³-hybridized carbons (Fsp3) is 0.462. The molecule has 1 aromatic rings. The Morgan fingerprint density at radius 1 is 1.44 bits per heavy atom. The standard InChI is InChI=1S/C13H19FN2OS/c1-13(2,16(3)4)8-17-11-6-5-9(14)7-10(11)12(15)18/h5-7H,8H2,1-4H3,(H2,15,18). The Balaban J connectivity index is 2.89. The second-order valence-electron chi connectivity index (χ2n) is 5.00. The number of nitrogens with zero attached hydrogens (tertiary/aromatic N) is 1. The van der Waals surface area contributed by atoms with Crippen LogP contribution in [0.15, 0.2) is 18.2 Å². The minimum atomic E-state index is -0.378. The van der Waals surface area contributed by atoms with Crippen LogP contribution >= 0.6 is 12.2 Å². The lowest BCUT2D eigenvalue weighted by Crippen LogP contribution is -2.43. The Bertz CT molecular complexity index is 447. The molecule has 2 N–H and O–H groups in total. The van der Waals surface area contributed by atoms with Crippen molar-refractivity contribution in [3.63, 3.8) is 0 Å². The first kappa shape index (κ1) is 14.9. The Morgan fingerprint density at radius 3 is 2.56 bits per heavy atom. The van der Waals surface area contributed by atoms with E-state index in [0.29, 0.717) is 17.9 Å². The molecule has 0 aliphatic heterocycles. The van der Waals surface area contributed by atoms with Crippen LogP contribution in [0, 0.1) is 5.82 Å². The van der Waals surface area contributed by atoms with E-state index in [4.69, 9.17) is 22.7 Å². The largest absolute Gasteiger partial charge is 0.491 e. The summed E-state index contributed by atoms with van der Waals surface area (Å²) in [5, 5.41) is 0. The SMILES string of the molecule is CN(C)C(C)(C)COc1ccc(F)cc1C(N)=S. The Kier molecular flexibility index (Phi) is 4.65. The number of halogens is 1. The highest BCUT2D eigenvalue weighted by Gasteiger charge is 2.22. The molecular weight excluding hydrogens is 251 g/mol. The monoisotopic (exact) mass is 270 g/mol. The molecule has 1 aromatic carbocycles. The van der Waals surface area contributed by atoms with Gasteiger partial charge in [-0.15, -0.1) is 0 Å². The van der Waals surface area contributed by atoms with E-state index in [1.807, 2.05) is 14.1 Å². The summed E-state index contributed by atoms with van der Waals surface area (Å²) < 4.78 is 18.8. The highest BCUT2D eigenvalue weighted by Crippen LogP contribution is 2.22. The second kappa shape index (κ2) is 5.63. The van der Waals surface area contributed by atoms with Gasteiger partial charge in [0.15, 0.2) is 0 Å². The van der Waals surface area contributed by atoms with Crippen molar-refractivity contribution in [2.75, 3.05) is 20.7 Å². The van der Waals surface area contributed by atoms with Crippen molar-refractivity contribution in [3.8, 4) is 5.75 Å². The van der Waals surface area contributed by atoms with E-state index in [9.17, 15) is 4.39 Å². The Labute approximate surface area is 113 Å². The minimum Gasteiger partial charge on any atom is -0.491 e. The van der Waals surface area contributed by atoms with Gasteiger partial charge in [0.1, 0.15) is 23.2 Å². The van der Waals surface area contributed by atoms with Gasteiger partial charge in [0, 0.05) is 5.54 Å². The molecule has 100 valence electrons. The second-order valence-corrected chi connectivity index (χ2v) is 5.44. The smallest absolute Gasteiger partial charge is 0.129 e. The zero-order chi connectivity index (χ0) is 13.9. The molecule has 0 amide bonds. The van der Waals surface area contributed by atoms with Crippen LogP contribution in [0.2, 0.25) is 0 Å². The van der Waals surface area contributed by atoms with Crippen LogP contribution in [0.1, 0.15) is 19.4 Å². The van der Waals surface area contributed by atoms with Crippen LogP contribution in [0.5, 0.6) is 5.75 Å². The van der Waals surface area contributed by atoms with Gasteiger partial charge < -0.3 is 15.4 Å². The summed E-state index contributed by atoms with van der Waals surface area (Å²) in [5.41, 5.74) is 5.85. The molecule has 0 atom stereocenters. The van der Waals surface area contributed by atoms with Crippen LogP contribution in [-0.4, -0.2) is 36.1 Å². The molecule has 0 fully saturated rings. The van der Waals surface area contributed by atoms with E-state index in [1.165, 1.54) is 12.1 Å². The predicted octanol–water partition coefficient (Wildman–Crippen LogP) is 2.18. The molecule has 0 aliphatic carbocycles. The molecule has 0 aliphatic rings. The summed E-state index contributed by atoms with van der Waals surface area (Å²) in [4.78, 5) is 2.18. The number of nitrogens with two attached hydrogens (primary N) is 1. The van der Waals surface area contributed by atoms with Crippen molar-refractivity contribution in [2.45, 2.75) is 19.4 Å². The van der Waals surface area contributed by atoms with Gasteiger partial charge in [-0.2, -0.15) is 0 Å². The summed E-state index contributed by atoms with van der Waals surface area (Å²) in [5.74, 6) is 0.135. The highest BCUT2D eigenvalue weighted by molar-refractivity contribution is 7.80. The van der Waals surface area contributed by atoms with Crippen LogP contribution < -0.4 is 10.5 Å². The zero-order valence-electron chi connectivity index (χ0n) is 11.2. The molecule has 0 bridgehead atoms. The molecular formula is C13H19FN2OS. The van der Waals surface area contributed by atoms with Crippen molar-refractivity contribution < 1.29 is 9.13 Å². The highest BCUT2D eigenvalue weighted by atomic mass is 32.1. The fourth-order valence-corrected chi connectivity index (χ4v) is 1.36. The van der Waals surface area contributed by atoms with Gasteiger partial charge in [-0.05, 0) is 46.1 Å². The lowest BCUT2D eigenvalue weighted by Gasteiger charge is -2.32. The predicted molar refractivity (Wildman–Crippen MR) is 75.5 cm³/mol. The van der Waals surface area contributed by atoms with E-state index >= 15 is 0 Å². The Hall–Kier alpha value is -1.20. The molecule has 0 aromatic heterocycles. The van der Waals surface area contributed by atoms with E-state index in [1.54, 1.807) is 6.07 Å². The lowest BCUT2D eigenvalue weighted by molar-refractivity contribution is 0.114. The minimum absolute atomic E-state index is 0.132. The third-order valence-corrected chi connectivity index (χ3v) is 3.22. The average Bonchev–Trinajstić information content (AvgIpc) is 2.27. The first-order chi connectivity index (χ1) is 8.24. The van der Waals surface area contributed by atoms with Crippen molar-refractivity contribution in [1.82, 2.24) is 4.90 Å². The quantitative estimate of drug-likeness (QED) is 0.832. The number of hydrogen-bond donors (Lipinski definition) is 1. The van der Waals surface area contributed by atoms with E-state index in [2.05, 4.69) is 18.7 Å². The summed E-state index contributed by atoms with van der Waals surface area (Å²) in [7, 11) is 3.95. The molecule has 3 nitrogen and oxygen atoms in total. The van der Waals surface area contributed by atoms with Crippen molar-refractivity contribution in [1.29, 1.82) is 0 Å². The third kappa shape index (κ3) is 3.65. The summed E-state index contributed by atoms with van der Waals surface area (Å²) in [6, 6.07) is 4.18. The molecule has 18 heavy (non-hydrogen) atoms. The maximum atomic E-state index is 13.1. The molecule has 1 rings (SSSR count). The van der Waals surface area contributed by atoms with Gasteiger partial charge in [0.2, 0.25) is 0 Å². The average molecular weight is 270 g/mol. The van der Waals surface area contributed by atoms with E-state index in [0.717, 1.165) is 0 Å². The van der Waals surface area contributed by atoms with Gasteiger partial charge in [-0.25, -0.2) is 4.39 Å². The first-order valence-electron chi connectivity index (χ1n) is 5.63. The van der Waals surface area contributed by atoms with Gasteiger partial charge in [-0.1, -0.05) is 12.2 Å². The maximum absolute atomic E-state index is 13.1. The summed E-state index contributed by atoms with van der Waals surface area (Å²) in [6.07, 6.45) is 0. The Morgan fingerprint density at radius 2 is 2.06 bits per heavy atom. The lowest BCUT2D eigenvalue weighted by atomic mass is 10.1. The molecule has 0 saturated carbocycles. The van der Waals surface area contributed by atoms with Crippen LogP contribution in [-0.2, 0) is 0 Å². The molecule has 0 saturated heterocycles. The molecule has 0 heterocycles. The topological polar surface area (TPSA) is 38.5 Å². The summed E-state index contributed by atoms with van der Waals surface area (Å²) in [6.45, 7) is 4.56. The van der Waals surface area contributed by atoms with Crippen molar-refractivity contribution in [2.24, 2.45) is 5.73 Å². The number of likely N-dealkylation sites (N-methyl/N-ethyl adjacent to an activating group) is 1. The van der Waals surface area contributed by atoms with Crippen molar-refractivity contribution in [3.05, 3.63) is 29.6 Å².